The zero-order chi connectivity index (χ0) is 46.6. The molecule has 0 atom stereocenters. The molecule has 0 radical (unpaired) electrons. The number of aryl methyl sites for hydroxylation is 2. The van der Waals surface area contributed by atoms with Crippen LogP contribution in [0.15, 0.2) is 185 Å². The van der Waals surface area contributed by atoms with Crippen molar-refractivity contribution in [1.82, 2.24) is 4.98 Å². The Balaban J connectivity index is 0.000000275. The average Bonchev–Trinajstić information content (AvgIpc) is 3.28. The summed E-state index contributed by atoms with van der Waals surface area (Å²) in [7, 11) is -8.47. The Hall–Kier alpha value is -7.89. The number of aromatic nitrogens is 2. The summed E-state index contributed by atoms with van der Waals surface area (Å²) in [6, 6.07) is 49.8. The maximum atomic E-state index is 12.7. The second kappa shape index (κ2) is 18.7. The molecule has 0 unspecified atom stereocenters. The van der Waals surface area contributed by atoms with Crippen LogP contribution in [-0.2, 0) is 20.2 Å². The van der Waals surface area contributed by atoms with Gasteiger partial charge in [-0.25, -0.2) is 26.8 Å². The van der Waals surface area contributed by atoms with Crippen LogP contribution < -0.4 is 31.0 Å². The third-order valence-corrected chi connectivity index (χ3v) is 12.1. The summed E-state index contributed by atoms with van der Waals surface area (Å²) in [4.78, 5) is 8.15. The van der Waals surface area contributed by atoms with E-state index in [0.717, 1.165) is 11.4 Å². The molecule has 9 aromatic rings. The fourth-order valence-corrected chi connectivity index (χ4v) is 8.87. The smallest absolute Gasteiger partial charge is 0.240 e. The first kappa shape index (κ1) is 44.7. The lowest BCUT2D eigenvalue weighted by atomic mass is 10.0. The van der Waals surface area contributed by atoms with Gasteiger partial charge in [-0.3, -0.25) is 0 Å². The number of ether oxygens (including phenoxy) is 1. The minimum atomic E-state index is -5.03. The SMILES string of the molecule is COc1cccc(Nc2cc3c(cc2S(=O)(=O)[O-])nc2c4cccc(S(=O)(=O)[O-])c4c(Nc4ccccc4)cc2[n+]3-c2ccccc2)c1.Cc1cccc(N=C(N)Nc2cccc(C)c2)c1. The van der Waals surface area contributed by atoms with Gasteiger partial charge in [0.1, 0.15) is 37.0 Å². The number of nitrogens with one attached hydrogen (secondary N) is 3. The van der Waals surface area contributed by atoms with Crippen molar-refractivity contribution in [3.8, 4) is 11.4 Å². The number of nitrogens with zero attached hydrogens (tertiary/aromatic N) is 3. The van der Waals surface area contributed by atoms with E-state index < -0.39 is 30.0 Å². The molecule has 0 bridgehead atoms. The van der Waals surface area contributed by atoms with Crippen molar-refractivity contribution in [3.05, 3.63) is 181 Å². The zero-order valence-electron chi connectivity index (χ0n) is 35.8. The van der Waals surface area contributed by atoms with Gasteiger partial charge < -0.3 is 35.5 Å². The first-order valence-corrected chi connectivity index (χ1v) is 23.2. The highest BCUT2D eigenvalue weighted by Gasteiger charge is 2.27. The van der Waals surface area contributed by atoms with Gasteiger partial charge in [0.2, 0.25) is 16.7 Å². The number of nitrogens with two attached hydrogens (primary N) is 1. The van der Waals surface area contributed by atoms with E-state index in [1.165, 1.54) is 42.5 Å². The summed E-state index contributed by atoms with van der Waals surface area (Å²) in [5.41, 5.74) is 13.5. The van der Waals surface area contributed by atoms with Gasteiger partial charge in [0.05, 0.1) is 34.0 Å². The van der Waals surface area contributed by atoms with Crippen LogP contribution in [0.3, 0.4) is 0 Å². The molecule has 66 heavy (non-hydrogen) atoms. The molecule has 0 amide bonds. The number of rotatable bonds is 10. The number of anilines is 5. The van der Waals surface area contributed by atoms with Gasteiger partial charge in [-0.15, -0.1) is 4.57 Å². The molecule has 9 rings (SSSR count). The quantitative estimate of drug-likeness (QED) is 0.0252. The van der Waals surface area contributed by atoms with Gasteiger partial charge >= 0.3 is 0 Å². The van der Waals surface area contributed by atoms with Gasteiger partial charge in [-0.2, -0.15) is 0 Å². The Labute approximate surface area is 381 Å². The maximum absolute atomic E-state index is 12.7. The van der Waals surface area contributed by atoms with Crippen molar-refractivity contribution in [1.29, 1.82) is 0 Å². The van der Waals surface area contributed by atoms with Crippen LogP contribution in [0.25, 0.3) is 38.5 Å². The Morgan fingerprint density at radius 1 is 0.621 bits per heavy atom. The van der Waals surface area contributed by atoms with Crippen LogP contribution in [-0.4, -0.2) is 44.0 Å². The first-order chi connectivity index (χ1) is 31.6. The van der Waals surface area contributed by atoms with Crippen LogP contribution in [0.1, 0.15) is 11.1 Å². The lowest BCUT2D eigenvalue weighted by Crippen LogP contribution is -2.33. The van der Waals surface area contributed by atoms with Crippen molar-refractivity contribution in [2.45, 2.75) is 23.6 Å². The fourth-order valence-electron chi connectivity index (χ4n) is 7.52. The topological polar surface area (TPSA) is 215 Å². The molecule has 8 aromatic carbocycles. The van der Waals surface area contributed by atoms with E-state index in [1.54, 1.807) is 48.5 Å². The zero-order valence-corrected chi connectivity index (χ0v) is 37.4. The van der Waals surface area contributed by atoms with Gasteiger partial charge in [0.25, 0.3) is 0 Å². The molecular formula is C50H42N7O7S2-. The molecule has 14 nitrogen and oxygen atoms in total. The highest BCUT2D eigenvalue weighted by Crippen LogP contribution is 2.38. The Kier molecular flexibility index (Phi) is 12.7. The Morgan fingerprint density at radius 3 is 1.91 bits per heavy atom. The third kappa shape index (κ3) is 10.1. The molecule has 0 aliphatic heterocycles. The van der Waals surface area contributed by atoms with E-state index >= 15 is 0 Å². The first-order valence-electron chi connectivity index (χ1n) is 20.4. The number of methoxy groups -OCH3 is 1. The lowest BCUT2D eigenvalue weighted by molar-refractivity contribution is -0.538. The number of para-hydroxylation sites is 2. The highest BCUT2D eigenvalue weighted by molar-refractivity contribution is 7.86. The van der Waals surface area contributed by atoms with Crippen LogP contribution in [0.5, 0.6) is 5.75 Å². The minimum absolute atomic E-state index is 0.0136. The summed E-state index contributed by atoms with van der Waals surface area (Å²) in [6.07, 6.45) is 0. The average molecular weight is 917 g/mol. The maximum Gasteiger partial charge on any atom is 0.240 e. The highest BCUT2D eigenvalue weighted by atomic mass is 32.2. The van der Waals surface area contributed by atoms with Gasteiger partial charge in [-0.1, -0.05) is 78.9 Å². The number of fused-ring (bicyclic) bond motifs is 4. The molecule has 0 saturated heterocycles. The molecule has 0 saturated carbocycles. The third-order valence-electron chi connectivity index (χ3n) is 10.4. The number of aliphatic imine (C=N–C) groups is 1. The van der Waals surface area contributed by atoms with E-state index in [1.807, 2.05) is 115 Å². The summed E-state index contributed by atoms with van der Waals surface area (Å²) in [6.45, 7) is 4.07. The number of hydrogen-bond donors (Lipinski definition) is 4. The van der Waals surface area contributed by atoms with Crippen molar-refractivity contribution in [2.75, 3.05) is 23.1 Å². The minimum Gasteiger partial charge on any atom is -0.744 e. The largest absolute Gasteiger partial charge is 0.744 e. The van der Waals surface area contributed by atoms with Crippen molar-refractivity contribution in [3.63, 3.8) is 0 Å². The van der Waals surface area contributed by atoms with E-state index in [0.29, 0.717) is 50.9 Å². The van der Waals surface area contributed by atoms with Gasteiger partial charge in [0, 0.05) is 58.2 Å². The Morgan fingerprint density at radius 2 is 1.23 bits per heavy atom. The molecule has 0 fully saturated rings. The summed E-state index contributed by atoms with van der Waals surface area (Å²) < 4.78 is 82.7. The normalized spacial score (nSPS) is 11.8. The predicted octanol–water partition coefficient (Wildman–Crippen LogP) is 9.48. The molecular weight excluding hydrogens is 875 g/mol. The molecule has 1 heterocycles. The van der Waals surface area contributed by atoms with E-state index in [4.69, 9.17) is 15.5 Å². The number of hydrogen-bond acceptors (Lipinski definition) is 11. The van der Waals surface area contributed by atoms with Gasteiger partial charge in [-0.05, 0) is 85.6 Å². The number of benzene rings is 8. The summed E-state index contributed by atoms with van der Waals surface area (Å²) in [5, 5.41) is 9.84. The molecule has 16 heteroatoms. The van der Waals surface area contributed by atoms with E-state index in [2.05, 4.69) is 20.9 Å². The standard InChI is InChI=1S/C35H26N4O7S2.C15H17N3/c1-46-25-15-8-12-23(18-25)37-28-19-30-27(21-33(28)48(43,44)45)38-35-26-16-9-17-32(47(40,41)42)34(26)29(36-22-10-4-2-5-11-22)20-31(35)39(30)24-13-6-3-7-14-24;1-11-5-3-7-13(9-11)17-15(16)18-14-8-4-6-12(2)10-14/h2-21H,1H3,(H3,36,37,40,41,42,43,44,45);3-10H,1-2H3,(H3,16,17,18)/p-1. The second-order valence-electron chi connectivity index (χ2n) is 15.2. The lowest BCUT2D eigenvalue weighted by Gasteiger charge is -2.18. The molecule has 0 spiro atoms. The molecule has 0 aliphatic rings. The van der Waals surface area contributed by atoms with E-state index in [9.17, 15) is 25.9 Å². The fraction of sp³-hybridized carbons (Fsp3) is 0.0600. The molecule has 332 valence electrons. The van der Waals surface area contributed by atoms with Crippen molar-refractivity contribution >= 4 is 93.2 Å². The predicted molar refractivity (Wildman–Crippen MR) is 257 cm³/mol. The Bertz CT molecular complexity index is 3540. The monoisotopic (exact) mass is 916 g/mol. The number of guanidine groups is 1. The van der Waals surface area contributed by atoms with E-state index in [-0.39, 0.29) is 22.1 Å². The van der Waals surface area contributed by atoms with Crippen LogP contribution in [0.2, 0.25) is 0 Å². The van der Waals surface area contributed by atoms with Crippen LogP contribution in [0.4, 0.5) is 34.1 Å². The van der Waals surface area contributed by atoms with Crippen LogP contribution in [0, 0.1) is 13.8 Å². The summed E-state index contributed by atoms with van der Waals surface area (Å²) >= 11 is 0. The second-order valence-corrected chi connectivity index (χ2v) is 17.9. The van der Waals surface area contributed by atoms with Crippen molar-refractivity contribution < 1.29 is 35.2 Å². The van der Waals surface area contributed by atoms with Crippen LogP contribution >= 0.6 is 0 Å². The molecule has 5 N–H and O–H groups in total. The van der Waals surface area contributed by atoms with Crippen molar-refractivity contribution in [2.24, 2.45) is 10.7 Å². The molecule has 1 aromatic heterocycles. The molecule has 0 aliphatic carbocycles. The summed E-state index contributed by atoms with van der Waals surface area (Å²) in [5.74, 6) is 0.912. The van der Waals surface area contributed by atoms with Gasteiger partial charge in [0.15, 0.2) is 5.96 Å².